The van der Waals surface area contributed by atoms with Crippen LogP contribution < -0.4 is 0 Å². The number of hydrogen-bond donors (Lipinski definition) is 1. The van der Waals surface area contributed by atoms with E-state index in [9.17, 15) is 0 Å². The zero-order valence-corrected chi connectivity index (χ0v) is 6.58. The predicted molar refractivity (Wildman–Crippen MR) is 39.9 cm³/mol. The van der Waals surface area contributed by atoms with Crippen molar-refractivity contribution in [2.75, 3.05) is 0 Å². The summed E-state index contributed by atoms with van der Waals surface area (Å²) >= 11 is 0. The lowest BCUT2D eigenvalue weighted by atomic mass is 10.8. The average molecular weight is 125 g/mol. The first-order chi connectivity index (χ1) is 3.56. The third-order valence-electron chi connectivity index (χ3n) is 0.519. The van der Waals surface area contributed by atoms with Crippen LogP contribution in [0.1, 0.15) is 0 Å². The maximum absolute atomic E-state index is 6.61. The van der Waals surface area contributed by atoms with E-state index in [-0.39, 0.29) is 0 Å². The van der Waals surface area contributed by atoms with E-state index in [2.05, 4.69) is 31.1 Å². The molecule has 2 heteroatoms. The molecule has 44 valence electrons. The van der Waals surface area contributed by atoms with Gasteiger partial charge in [0.25, 0.3) is 0 Å². The Morgan fingerprint density at radius 2 is 1.88 bits per heavy atom. The molecule has 0 heterocycles. The summed E-state index contributed by atoms with van der Waals surface area (Å²) in [6.07, 6.45) is 1.15. The van der Waals surface area contributed by atoms with Gasteiger partial charge in [-0.3, -0.25) is 5.41 Å². The molecule has 0 amide bonds. The molecule has 0 saturated heterocycles. The van der Waals surface area contributed by atoms with E-state index in [1.54, 1.807) is 0 Å². The lowest BCUT2D eigenvalue weighted by Crippen LogP contribution is -2.16. The van der Waals surface area contributed by atoms with Crippen LogP contribution in [0.25, 0.3) is 0 Å². The Morgan fingerprint density at radius 1 is 1.38 bits per heavy atom. The van der Waals surface area contributed by atoms with Crippen LogP contribution in [0.5, 0.6) is 0 Å². The summed E-state index contributed by atoms with van der Waals surface area (Å²) in [4.78, 5) is 0. The minimum Gasteiger partial charge on any atom is -0.300 e. The van der Waals surface area contributed by atoms with E-state index in [1.807, 2.05) is 0 Å². The number of hydrogen-bond acceptors (Lipinski definition) is 1. The minimum atomic E-state index is -1.19. The van der Waals surface area contributed by atoms with Gasteiger partial charge < -0.3 is 0 Å². The molecule has 0 atom stereocenters. The van der Waals surface area contributed by atoms with Gasteiger partial charge in [0, 0.05) is 0 Å². The maximum Gasteiger partial charge on any atom is 0.129 e. The van der Waals surface area contributed by atoms with Gasteiger partial charge in [0.05, 0.1) is 6.21 Å². The number of rotatable bonds is 0. The number of nitrogens with one attached hydrogen (secondary N) is 1. The molecular weight excluding hydrogens is 114 g/mol. The highest BCUT2D eigenvalue weighted by atomic mass is 28.3. The van der Waals surface area contributed by atoms with Gasteiger partial charge in [0.2, 0.25) is 0 Å². The van der Waals surface area contributed by atoms with E-state index in [0.717, 1.165) is 6.21 Å². The van der Waals surface area contributed by atoms with Crippen molar-refractivity contribution in [1.29, 1.82) is 5.41 Å². The van der Waals surface area contributed by atoms with Gasteiger partial charge in [-0.1, -0.05) is 25.6 Å². The van der Waals surface area contributed by atoms with Crippen LogP contribution in [0, 0.1) is 16.9 Å². The van der Waals surface area contributed by atoms with E-state index >= 15 is 0 Å². The lowest BCUT2D eigenvalue weighted by Gasteiger charge is -2.01. The molecule has 1 nitrogen and oxygen atoms in total. The Kier molecular flexibility index (Phi) is 2.50. The van der Waals surface area contributed by atoms with E-state index in [4.69, 9.17) is 5.41 Å². The largest absolute Gasteiger partial charge is 0.300 e. The van der Waals surface area contributed by atoms with Crippen molar-refractivity contribution < 1.29 is 0 Å². The summed E-state index contributed by atoms with van der Waals surface area (Å²) in [7, 11) is -1.19. The smallest absolute Gasteiger partial charge is 0.129 e. The fourth-order valence-corrected chi connectivity index (χ4v) is 0.758. The Bertz CT molecular complexity index is 133. The summed E-state index contributed by atoms with van der Waals surface area (Å²) in [5.41, 5.74) is 3.02. The molecule has 0 radical (unpaired) electrons. The van der Waals surface area contributed by atoms with Gasteiger partial charge in [-0.25, -0.2) is 0 Å². The molecule has 0 aromatic carbocycles. The topological polar surface area (TPSA) is 23.9 Å². The van der Waals surface area contributed by atoms with Crippen LogP contribution in [-0.2, 0) is 0 Å². The Hall–Kier alpha value is -0.553. The van der Waals surface area contributed by atoms with Gasteiger partial charge in [0.1, 0.15) is 8.07 Å². The molecule has 0 aromatic heterocycles. The molecule has 0 unspecified atom stereocenters. The summed E-state index contributed by atoms with van der Waals surface area (Å²) in [6, 6.07) is 0. The van der Waals surface area contributed by atoms with Crippen molar-refractivity contribution in [2.24, 2.45) is 0 Å². The standard InChI is InChI=1S/C6H11NSi/c1-8(2,3)6-4-5-7/h5,7H,1-3H3. The van der Waals surface area contributed by atoms with Crippen LogP contribution in [0.3, 0.4) is 0 Å². The molecule has 0 rings (SSSR count). The maximum atomic E-state index is 6.61. The summed E-state index contributed by atoms with van der Waals surface area (Å²) in [6.45, 7) is 6.47. The molecule has 0 saturated carbocycles. The molecule has 0 aromatic rings. The van der Waals surface area contributed by atoms with Gasteiger partial charge in [-0.15, -0.1) is 5.54 Å². The normalized spacial score (nSPS) is 9.38. The third-order valence-corrected chi connectivity index (χ3v) is 1.41. The zero-order valence-electron chi connectivity index (χ0n) is 5.58. The van der Waals surface area contributed by atoms with Crippen molar-refractivity contribution in [1.82, 2.24) is 0 Å². The van der Waals surface area contributed by atoms with E-state index in [1.165, 1.54) is 0 Å². The molecule has 8 heavy (non-hydrogen) atoms. The van der Waals surface area contributed by atoms with Gasteiger partial charge in [-0.05, 0) is 0 Å². The lowest BCUT2D eigenvalue weighted by molar-refractivity contribution is 1.59. The molecule has 0 aliphatic heterocycles. The molecule has 0 fully saturated rings. The van der Waals surface area contributed by atoms with E-state index in [0.29, 0.717) is 0 Å². The molecular formula is C6H11NSi. The molecule has 1 N–H and O–H groups in total. The summed E-state index contributed by atoms with van der Waals surface area (Å²) in [5, 5.41) is 6.61. The van der Waals surface area contributed by atoms with Crippen LogP contribution in [0.15, 0.2) is 0 Å². The van der Waals surface area contributed by atoms with Gasteiger partial charge >= 0.3 is 0 Å². The molecule has 0 aliphatic carbocycles. The van der Waals surface area contributed by atoms with Crippen molar-refractivity contribution in [3.05, 3.63) is 0 Å². The first kappa shape index (κ1) is 7.45. The van der Waals surface area contributed by atoms with Gasteiger partial charge in [-0.2, -0.15) is 0 Å². The second-order valence-electron chi connectivity index (χ2n) is 2.66. The third kappa shape index (κ3) is 5.45. The van der Waals surface area contributed by atoms with Crippen LogP contribution >= 0.6 is 0 Å². The van der Waals surface area contributed by atoms with Crippen LogP contribution in [0.4, 0.5) is 0 Å². The predicted octanol–water partition coefficient (Wildman–Crippen LogP) is 1.52. The Morgan fingerprint density at radius 3 is 2.00 bits per heavy atom. The molecule has 0 aliphatic rings. The quantitative estimate of drug-likeness (QED) is 0.288. The first-order valence-electron chi connectivity index (χ1n) is 2.58. The fourth-order valence-electron chi connectivity index (χ4n) is 0.253. The zero-order chi connectivity index (χ0) is 6.62. The van der Waals surface area contributed by atoms with Gasteiger partial charge in [0.15, 0.2) is 0 Å². The van der Waals surface area contributed by atoms with E-state index < -0.39 is 8.07 Å². The monoisotopic (exact) mass is 125 g/mol. The van der Waals surface area contributed by atoms with Crippen molar-refractivity contribution in [2.45, 2.75) is 19.6 Å². The van der Waals surface area contributed by atoms with Crippen LogP contribution in [0.2, 0.25) is 19.6 Å². The first-order valence-corrected chi connectivity index (χ1v) is 6.08. The average Bonchev–Trinajstić information content (AvgIpc) is 1.59. The van der Waals surface area contributed by atoms with Crippen molar-refractivity contribution in [3.63, 3.8) is 0 Å². The SMILES string of the molecule is C[Si](C)(C)C#CC=N. The fraction of sp³-hybridized carbons (Fsp3) is 0.500. The Labute approximate surface area is 51.6 Å². The summed E-state index contributed by atoms with van der Waals surface area (Å²) < 4.78 is 0. The molecule has 0 spiro atoms. The van der Waals surface area contributed by atoms with Crippen LogP contribution in [-0.4, -0.2) is 14.3 Å². The van der Waals surface area contributed by atoms with Crippen molar-refractivity contribution in [3.8, 4) is 11.5 Å². The Balaban J connectivity index is 3.87. The molecule has 0 bridgehead atoms. The highest BCUT2D eigenvalue weighted by molar-refractivity contribution is 6.84. The highest BCUT2D eigenvalue weighted by Gasteiger charge is 2.06. The van der Waals surface area contributed by atoms with Crippen molar-refractivity contribution >= 4 is 14.3 Å². The minimum absolute atomic E-state index is 1.15. The second-order valence-corrected chi connectivity index (χ2v) is 7.41. The second kappa shape index (κ2) is 2.68. The highest BCUT2D eigenvalue weighted by Crippen LogP contribution is 1.94. The summed E-state index contributed by atoms with van der Waals surface area (Å²) in [5.74, 6) is 2.64.